The largest absolute Gasteiger partial charge is 0.352 e. The topological polar surface area (TPSA) is 102 Å². The van der Waals surface area contributed by atoms with Crippen LogP contribution in [0.1, 0.15) is 36.6 Å². The van der Waals surface area contributed by atoms with E-state index < -0.39 is 12.1 Å². The molecule has 3 aromatic rings. The van der Waals surface area contributed by atoms with Crippen LogP contribution in [0.5, 0.6) is 0 Å². The smallest absolute Gasteiger partial charge is 0.312 e. The molecule has 0 saturated carbocycles. The predicted octanol–water partition coefficient (Wildman–Crippen LogP) is 3.50. The molecule has 0 saturated heterocycles. The summed E-state index contributed by atoms with van der Waals surface area (Å²) in [6, 6.07) is 13.3. The number of hydrogen-bond donors (Lipinski definition) is 3. The van der Waals surface area contributed by atoms with Gasteiger partial charge >= 0.3 is 6.03 Å². The number of carbonyl (C=O) groups excluding carboxylic acids is 2. The monoisotopic (exact) mass is 411 g/mol. The van der Waals surface area contributed by atoms with Crippen LogP contribution in [0.25, 0.3) is 5.69 Å². The van der Waals surface area contributed by atoms with Crippen molar-refractivity contribution in [3.63, 3.8) is 0 Å². The first-order chi connectivity index (χ1) is 13.9. The van der Waals surface area contributed by atoms with Crippen LogP contribution in [0.15, 0.2) is 67.3 Å². The summed E-state index contributed by atoms with van der Waals surface area (Å²) in [4.78, 5) is 28.0. The Kier molecular flexibility index (Phi) is 6.51. The second kappa shape index (κ2) is 9.25. The summed E-state index contributed by atoms with van der Waals surface area (Å²) in [5.41, 5.74) is 7.97. The van der Waals surface area contributed by atoms with Gasteiger partial charge in [-0.15, -0.1) is 0 Å². The number of urea groups is 1. The number of imidazole rings is 1. The summed E-state index contributed by atoms with van der Waals surface area (Å²) in [5.74, 6) is -0.204. The van der Waals surface area contributed by atoms with E-state index >= 15 is 0 Å². The van der Waals surface area contributed by atoms with Gasteiger partial charge in [0, 0.05) is 23.1 Å². The van der Waals surface area contributed by atoms with Gasteiger partial charge in [-0.25, -0.2) is 9.78 Å². The van der Waals surface area contributed by atoms with Crippen molar-refractivity contribution >= 4 is 23.5 Å². The van der Waals surface area contributed by atoms with Gasteiger partial charge in [-0.1, -0.05) is 35.9 Å². The normalized spacial score (nSPS) is 12.8. The minimum atomic E-state index is -0.694. The van der Waals surface area contributed by atoms with Gasteiger partial charge in [-0.3, -0.25) is 4.79 Å². The number of amides is 3. The van der Waals surface area contributed by atoms with Crippen LogP contribution in [0.3, 0.4) is 0 Å². The molecule has 4 N–H and O–H groups in total. The number of hydrogen-bond acceptors (Lipinski definition) is 3. The quantitative estimate of drug-likeness (QED) is 0.554. The number of halogens is 1. The zero-order chi connectivity index (χ0) is 20.8. The Morgan fingerprint density at radius 1 is 1.07 bits per heavy atom. The van der Waals surface area contributed by atoms with Gasteiger partial charge in [-0.05, 0) is 42.3 Å². The fourth-order valence-electron chi connectivity index (χ4n) is 3.04. The van der Waals surface area contributed by atoms with Gasteiger partial charge < -0.3 is 20.9 Å². The Bertz CT molecular complexity index is 956. The Balaban J connectivity index is 1.64. The lowest BCUT2D eigenvalue weighted by atomic mass is 10.0. The summed E-state index contributed by atoms with van der Waals surface area (Å²) in [5, 5.41) is 6.14. The van der Waals surface area contributed by atoms with E-state index in [-0.39, 0.29) is 18.4 Å². The van der Waals surface area contributed by atoms with E-state index in [1.807, 2.05) is 42.0 Å². The average molecular weight is 412 g/mol. The molecule has 29 heavy (non-hydrogen) atoms. The first-order valence-electron chi connectivity index (χ1n) is 9.11. The summed E-state index contributed by atoms with van der Waals surface area (Å²) in [6.45, 7) is 1.91. The van der Waals surface area contributed by atoms with Gasteiger partial charge in [0.15, 0.2) is 0 Å². The van der Waals surface area contributed by atoms with Crippen molar-refractivity contribution in [1.29, 1.82) is 0 Å². The number of benzene rings is 2. The average Bonchev–Trinajstić information content (AvgIpc) is 3.22. The third kappa shape index (κ3) is 5.58. The number of nitrogens with zero attached hydrogens (tertiary/aromatic N) is 2. The zero-order valence-corrected chi connectivity index (χ0v) is 16.6. The maximum atomic E-state index is 12.6. The zero-order valence-electron chi connectivity index (χ0n) is 15.9. The van der Waals surface area contributed by atoms with Gasteiger partial charge in [0.25, 0.3) is 0 Å². The summed E-state index contributed by atoms with van der Waals surface area (Å²) in [7, 11) is 0. The summed E-state index contributed by atoms with van der Waals surface area (Å²) >= 11 is 5.91. The van der Waals surface area contributed by atoms with Crippen molar-refractivity contribution in [3.05, 3.63) is 83.4 Å². The number of rotatable bonds is 7. The fourth-order valence-corrected chi connectivity index (χ4v) is 3.16. The summed E-state index contributed by atoms with van der Waals surface area (Å²) < 4.78 is 1.90. The maximum absolute atomic E-state index is 12.6. The van der Waals surface area contributed by atoms with E-state index in [4.69, 9.17) is 17.3 Å². The minimum Gasteiger partial charge on any atom is -0.352 e. The van der Waals surface area contributed by atoms with E-state index in [0.29, 0.717) is 5.02 Å². The van der Waals surface area contributed by atoms with Gasteiger partial charge in [0.05, 0.1) is 24.8 Å². The highest BCUT2D eigenvalue weighted by molar-refractivity contribution is 6.30. The fraction of sp³-hybridized carbons (Fsp3) is 0.190. The standard InChI is InChI=1S/C21H22ClN5O2/c1-14(15-4-8-18(9-5-15)27-11-10-24-13-27)25-20(28)12-19(26-21(23)29)16-2-6-17(22)7-3-16/h2-11,13-14,19H,12H2,1H3,(H,25,28)(H3,23,26,29)/t14-,19-/m1/s1. The lowest BCUT2D eigenvalue weighted by Crippen LogP contribution is -2.37. The van der Waals surface area contributed by atoms with Crippen LogP contribution in [0.4, 0.5) is 4.79 Å². The third-order valence-corrected chi connectivity index (χ3v) is 4.80. The number of nitrogens with two attached hydrogens (primary N) is 1. The molecular formula is C21H22ClN5O2. The number of primary amides is 1. The van der Waals surface area contributed by atoms with E-state index in [0.717, 1.165) is 16.8 Å². The van der Waals surface area contributed by atoms with Gasteiger partial charge in [0.1, 0.15) is 0 Å². The lowest BCUT2D eigenvalue weighted by Gasteiger charge is -2.20. The molecule has 0 fully saturated rings. The maximum Gasteiger partial charge on any atom is 0.312 e. The summed E-state index contributed by atoms with van der Waals surface area (Å²) in [6.07, 6.45) is 5.36. The van der Waals surface area contributed by atoms with E-state index in [9.17, 15) is 9.59 Å². The number of aromatic nitrogens is 2. The van der Waals surface area contributed by atoms with Crippen molar-refractivity contribution in [2.75, 3.05) is 0 Å². The molecule has 2 aromatic carbocycles. The van der Waals surface area contributed by atoms with E-state index in [1.165, 1.54) is 0 Å². The Morgan fingerprint density at radius 3 is 2.31 bits per heavy atom. The minimum absolute atomic E-state index is 0.0576. The Morgan fingerprint density at radius 2 is 1.72 bits per heavy atom. The van der Waals surface area contributed by atoms with Crippen molar-refractivity contribution < 1.29 is 9.59 Å². The molecule has 2 atom stereocenters. The molecule has 3 rings (SSSR count). The molecule has 150 valence electrons. The molecule has 1 heterocycles. The number of nitrogens with one attached hydrogen (secondary N) is 2. The molecule has 0 spiro atoms. The first-order valence-corrected chi connectivity index (χ1v) is 9.49. The molecule has 0 aliphatic carbocycles. The van der Waals surface area contributed by atoms with Crippen molar-refractivity contribution in [2.45, 2.75) is 25.4 Å². The van der Waals surface area contributed by atoms with Crippen LogP contribution < -0.4 is 16.4 Å². The third-order valence-electron chi connectivity index (χ3n) is 4.55. The van der Waals surface area contributed by atoms with Gasteiger partial charge in [-0.2, -0.15) is 0 Å². The molecule has 0 radical (unpaired) electrons. The molecule has 0 aliphatic rings. The lowest BCUT2D eigenvalue weighted by molar-refractivity contribution is -0.122. The van der Waals surface area contributed by atoms with Crippen molar-refractivity contribution in [1.82, 2.24) is 20.2 Å². The molecule has 0 bridgehead atoms. The van der Waals surface area contributed by atoms with Crippen LogP contribution in [0.2, 0.25) is 5.02 Å². The first kappa shape index (κ1) is 20.4. The molecular weight excluding hydrogens is 390 g/mol. The Labute approximate surface area is 173 Å². The van der Waals surface area contributed by atoms with E-state index in [2.05, 4.69) is 15.6 Å². The van der Waals surface area contributed by atoms with Gasteiger partial charge in [0.2, 0.25) is 5.91 Å². The van der Waals surface area contributed by atoms with Crippen molar-refractivity contribution in [2.24, 2.45) is 5.73 Å². The molecule has 8 heteroatoms. The highest BCUT2D eigenvalue weighted by atomic mass is 35.5. The molecule has 0 aliphatic heterocycles. The second-order valence-corrected chi connectivity index (χ2v) is 7.10. The molecule has 0 unspecified atom stereocenters. The highest BCUT2D eigenvalue weighted by Crippen LogP contribution is 2.21. The van der Waals surface area contributed by atoms with Crippen LogP contribution in [-0.2, 0) is 4.79 Å². The highest BCUT2D eigenvalue weighted by Gasteiger charge is 2.19. The Hall–Kier alpha value is -3.32. The molecule has 3 amide bonds. The SMILES string of the molecule is C[C@@H](NC(=O)C[C@@H](NC(N)=O)c1ccc(Cl)cc1)c1ccc(-n2ccnc2)cc1. The molecule has 7 nitrogen and oxygen atoms in total. The van der Waals surface area contributed by atoms with Crippen LogP contribution in [0, 0.1) is 0 Å². The molecule has 1 aromatic heterocycles. The van der Waals surface area contributed by atoms with Crippen LogP contribution in [-0.4, -0.2) is 21.5 Å². The predicted molar refractivity (Wildman–Crippen MR) is 112 cm³/mol. The second-order valence-electron chi connectivity index (χ2n) is 6.67. The van der Waals surface area contributed by atoms with Crippen molar-refractivity contribution in [3.8, 4) is 5.69 Å². The number of carbonyl (C=O) groups is 2. The van der Waals surface area contributed by atoms with Crippen LogP contribution >= 0.6 is 11.6 Å². The van der Waals surface area contributed by atoms with E-state index in [1.54, 1.807) is 36.8 Å².